The zero-order chi connectivity index (χ0) is 25.1. The number of halogens is 1. The van der Waals surface area contributed by atoms with Gasteiger partial charge >= 0.3 is 0 Å². The fraction of sp³-hybridized carbons (Fsp3) is 0.296. The van der Waals surface area contributed by atoms with E-state index >= 15 is 0 Å². The molecule has 5 rings (SSSR count). The molecule has 4 aromatic rings. The molecule has 1 atom stereocenters. The Morgan fingerprint density at radius 2 is 1.81 bits per heavy atom. The molecular formula is C27H28FN5O3. The number of aliphatic hydroxyl groups excluding tert-OH is 1. The minimum absolute atomic E-state index is 0.000204. The molecule has 1 saturated heterocycles. The van der Waals surface area contributed by atoms with Gasteiger partial charge in [-0.3, -0.25) is 0 Å². The lowest BCUT2D eigenvalue weighted by Gasteiger charge is -2.35. The van der Waals surface area contributed by atoms with E-state index in [1.165, 1.54) is 12.1 Å². The van der Waals surface area contributed by atoms with Gasteiger partial charge < -0.3 is 24.9 Å². The Morgan fingerprint density at radius 3 is 2.50 bits per heavy atom. The summed E-state index contributed by atoms with van der Waals surface area (Å²) in [5.41, 5.74) is 3.21. The third kappa shape index (κ3) is 5.13. The standard InChI is InChI=1S/C27H28FN5O3/c1-17(18-6-4-3-5-7-18)30-26-29-13-12-21(31-26)23-22(19-8-10-20(28)11-9-19)32-24(33-23)25-35-15-27(2,14-34)16-36-25/h3-13,17,25,34H,14-16H2,1-2H3,(H,32,33)(H,29,30,31). The number of rotatable bonds is 7. The van der Waals surface area contributed by atoms with Gasteiger partial charge in [0.05, 0.1) is 42.9 Å². The van der Waals surface area contributed by atoms with E-state index in [1.54, 1.807) is 24.4 Å². The van der Waals surface area contributed by atoms with Crippen LogP contribution in [0.2, 0.25) is 0 Å². The molecule has 8 nitrogen and oxygen atoms in total. The number of hydrogen-bond donors (Lipinski definition) is 3. The molecule has 0 bridgehead atoms. The Bertz CT molecular complexity index is 1300. The molecule has 0 aliphatic carbocycles. The van der Waals surface area contributed by atoms with Gasteiger partial charge in [-0.2, -0.15) is 0 Å². The van der Waals surface area contributed by atoms with E-state index in [9.17, 15) is 9.50 Å². The molecule has 9 heteroatoms. The van der Waals surface area contributed by atoms with Crippen LogP contribution in [0.25, 0.3) is 22.6 Å². The summed E-state index contributed by atoms with van der Waals surface area (Å²) in [5.74, 6) is 0.603. The highest BCUT2D eigenvalue weighted by molar-refractivity contribution is 5.77. The van der Waals surface area contributed by atoms with Crippen LogP contribution in [0.5, 0.6) is 0 Å². The van der Waals surface area contributed by atoms with Crippen molar-refractivity contribution in [2.24, 2.45) is 5.41 Å². The van der Waals surface area contributed by atoms with Crippen molar-refractivity contribution in [1.29, 1.82) is 0 Å². The van der Waals surface area contributed by atoms with Crippen molar-refractivity contribution in [2.45, 2.75) is 26.2 Å². The number of nitrogens with zero attached hydrogens (tertiary/aromatic N) is 3. The van der Waals surface area contributed by atoms with Gasteiger partial charge in [0, 0.05) is 17.2 Å². The first-order chi connectivity index (χ1) is 17.4. The van der Waals surface area contributed by atoms with Gasteiger partial charge in [-0.05, 0) is 42.8 Å². The number of nitrogens with one attached hydrogen (secondary N) is 2. The van der Waals surface area contributed by atoms with E-state index < -0.39 is 11.7 Å². The van der Waals surface area contributed by atoms with E-state index in [0.717, 1.165) is 11.1 Å². The summed E-state index contributed by atoms with van der Waals surface area (Å²) < 4.78 is 25.4. The Morgan fingerprint density at radius 1 is 1.08 bits per heavy atom. The highest BCUT2D eigenvalue weighted by Gasteiger charge is 2.34. The van der Waals surface area contributed by atoms with E-state index in [1.807, 2.05) is 44.2 Å². The molecular weight excluding hydrogens is 461 g/mol. The molecule has 186 valence electrons. The van der Waals surface area contributed by atoms with Crippen molar-refractivity contribution in [1.82, 2.24) is 19.9 Å². The van der Waals surface area contributed by atoms with Gasteiger partial charge in [-0.15, -0.1) is 0 Å². The first-order valence-corrected chi connectivity index (χ1v) is 11.8. The SMILES string of the molecule is CC(Nc1nccc(-c2[nH]c(C3OCC(C)(CO)CO3)nc2-c2ccc(F)cc2)n1)c1ccccc1. The molecule has 0 saturated carbocycles. The summed E-state index contributed by atoms with van der Waals surface area (Å²) in [6.45, 7) is 4.56. The first-order valence-electron chi connectivity index (χ1n) is 11.8. The van der Waals surface area contributed by atoms with Gasteiger partial charge in [0.25, 0.3) is 0 Å². The van der Waals surface area contributed by atoms with Crippen LogP contribution in [0, 0.1) is 11.2 Å². The summed E-state index contributed by atoms with van der Waals surface area (Å²) in [5, 5.41) is 12.9. The molecule has 1 unspecified atom stereocenters. The van der Waals surface area contributed by atoms with Gasteiger partial charge in [0.15, 0.2) is 5.82 Å². The molecule has 36 heavy (non-hydrogen) atoms. The second-order valence-corrected chi connectivity index (χ2v) is 9.32. The van der Waals surface area contributed by atoms with Crippen molar-refractivity contribution in [2.75, 3.05) is 25.1 Å². The Labute approximate surface area is 208 Å². The number of ether oxygens (including phenoxy) is 2. The van der Waals surface area contributed by atoms with Crippen LogP contribution in [0.15, 0.2) is 66.9 Å². The number of anilines is 1. The summed E-state index contributed by atoms with van der Waals surface area (Å²) >= 11 is 0. The fourth-order valence-corrected chi connectivity index (χ4v) is 3.98. The highest BCUT2D eigenvalue weighted by atomic mass is 19.1. The maximum Gasteiger partial charge on any atom is 0.223 e. The number of imidazole rings is 1. The maximum absolute atomic E-state index is 13.6. The van der Waals surface area contributed by atoms with Crippen LogP contribution in [0.3, 0.4) is 0 Å². The summed E-state index contributed by atoms with van der Waals surface area (Å²) in [6.07, 6.45) is 0.951. The molecule has 3 heterocycles. The number of aliphatic hydroxyl groups is 1. The number of aromatic nitrogens is 4. The van der Waals surface area contributed by atoms with Crippen LogP contribution in [-0.2, 0) is 9.47 Å². The second-order valence-electron chi connectivity index (χ2n) is 9.32. The molecule has 0 spiro atoms. The third-order valence-corrected chi connectivity index (χ3v) is 6.17. The number of H-pyrrole nitrogens is 1. The first kappa shape index (κ1) is 24.1. The monoisotopic (exact) mass is 489 g/mol. The fourth-order valence-electron chi connectivity index (χ4n) is 3.98. The Kier molecular flexibility index (Phi) is 6.77. The molecule has 1 fully saturated rings. The van der Waals surface area contributed by atoms with Gasteiger partial charge in [-0.1, -0.05) is 37.3 Å². The van der Waals surface area contributed by atoms with Gasteiger partial charge in [0.2, 0.25) is 12.2 Å². The van der Waals surface area contributed by atoms with Crippen LogP contribution in [0.4, 0.5) is 10.3 Å². The normalized spacial score (nSPS) is 20.7. The lowest BCUT2D eigenvalue weighted by Crippen LogP contribution is -2.39. The molecule has 0 radical (unpaired) electrons. The molecule has 2 aromatic carbocycles. The van der Waals surface area contributed by atoms with Crippen molar-refractivity contribution >= 4 is 5.95 Å². The average molecular weight is 490 g/mol. The van der Waals surface area contributed by atoms with Crippen molar-refractivity contribution in [3.8, 4) is 22.6 Å². The van der Waals surface area contributed by atoms with E-state index in [-0.39, 0.29) is 18.5 Å². The predicted octanol–water partition coefficient (Wildman–Crippen LogP) is 4.89. The number of benzene rings is 2. The lowest BCUT2D eigenvalue weighted by atomic mass is 9.94. The second kappa shape index (κ2) is 10.1. The summed E-state index contributed by atoms with van der Waals surface area (Å²) in [6, 6.07) is 17.9. The minimum atomic E-state index is -0.727. The molecule has 1 aliphatic heterocycles. The summed E-state index contributed by atoms with van der Waals surface area (Å²) in [7, 11) is 0. The minimum Gasteiger partial charge on any atom is -0.396 e. The average Bonchev–Trinajstić information content (AvgIpc) is 3.36. The van der Waals surface area contributed by atoms with E-state index in [4.69, 9.17) is 19.4 Å². The lowest BCUT2D eigenvalue weighted by molar-refractivity contribution is -0.239. The van der Waals surface area contributed by atoms with Crippen molar-refractivity contribution < 1.29 is 19.0 Å². The quantitative estimate of drug-likeness (QED) is 0.339. The van der Waals surface area contributed by atoms with Gasteiger partial charge in [-0.25, -0.2) is 19.3 Å². The molecule has 1 aliphatic rings. The van der Waals surface area contributed by atoms with Crippen LogP contribution in [0.1, 0.15) is 37.6 Å². The van der Waals surface area contributed by atoms with Crippen LogP contribution < -0.4 is 5.32 Å². The molecule has 0 amide bonds. The van der Waals surface area contributed by atoms with E-state index in [2.05, 4.69) is 15.3 Å². The Balaban J connectivity index is 1.48. The van der Waals surface area contributed by atoms with Crippen LogP contribution in [-0.4, -0.2) is 44.9 Å². The number of hydrogen-bond acceptors (Lipinski definition) is 7. The summed E-state index contributed by atoms with van der Waals surface area (Å²) in [4.78, 5) is 17.2. The third-order valence-electron chi connectivity index (χ3n) is 6.17. The van der Waals surface area contributed by atoms with Crippen LogP contribution >= 0.6 is 0 Å². The van der Waals surface area contributed by atoms with Crippen molar-refractivity contribution in [3.05, 3.63) is 84.1 Å². The van der Waals surface area contributed by atoms with Gasteiger partial charge in [0.1, 0.15) is 5.82 Å². The zero-order valence-corrected chi connectivity index (χ0v) is 20.1. The molecule has 3 N–H and O–H groups in total. The zero-order valence-electron chi connectivity index (χ0n) is 20.1. The largest absolute Gasteiger partial charge is 0.396 e. The van der Waals surface area contributed by atoms with E-state index in [0.29, 0.717) is 42.1 Å². The maximum atomic E-state index is 13.6. The Hall–Kier alpha value is -3.66. The smallest absolute Gasteiger partial charge is 0.223 e. The number of aromatic amines is 1. The molecule has 2 aromatic heterocycles. The predicted molar refractivity (Wildman–Crippen MR) is 133 cm³/mol. The van der Waals surface area contributed by atoms with Crippen molar-refractivity contribution in [3.63, 3.8) is 0 Å². The highest BCUT2D eigenvalue weighted by Crippen LogP contribution is 2.35. The topological polar surface area (TPSA) is 105 Å².